The molecule has 0 atom stereocenters. The van der Waals surface area contributed by atoms with Gasteiger partial charge in [0.2, 0.25) is 11.6 Å². The van der Waals surface area contributed by atoms with Crippen molar-refractivity contribution in [3.05, 3.63) is 23.3 Å². The molecule has 2 fully saturated rings. The zero-order valence-electron chi connectivity index (χ0n) is 15.6. The first-order chi connectivity index (χ1) is 12.7. The number of fused-ring (bicyclic) bond motifs is 1. The summed E-state index contributed by atoms with van der Waals surface area (Å²) in [7, 11) is 0. The van der Waals surface area contributed by atoms with Gasteiger partial charge < -0.3 is 9.47 Å². The van der Waals surface area contributed by atoms with Crippen molar-refractivity contribution in [1.82, 2.24) is 0 Å². The van der Waals surface area contributed by atoms with Gasteiger partial charge in [0.05, 0.1) is 13.2 Å². The molecule has 2 nitrogen and oxygen atoms in total. The predicted molar refractivity (Wildman–Crippen MR) is 97.7 cm³/mol. The van der Waals surface area contributed by atoms with Crippen molar-refractivity contribution in [2.75, 3.05) is 13.2 Å². The minimum atomic E-state index is -0.901. The Balaban J connectivity index is 1.32. The molecule has 3 aliphatic rings. The highest BCUT2D eigenvalue weighted by Gasteiger charge is 2.29. The third kappa shape index (κ3) is 3.84. The van der Waals surface area contributed by atoms with E-state index in [1.54, 1.807) is 6.07 Å². The molecule has 4 rings (SSSR count). The molecule has 4 heteroatoms. The average Bonchev–Trinajstić information content (AvgIpc) is 2.71. The standard InChI is InChI=1S/C22H30F2O2/c23-20-19(13-18-7-4-12-25-22(18)21(20)24)26-14-15-8-10-17(11-9-15)16-5-2-1-3-6-16/h13,15-17H,1-12,14H2. The molecule has 0 bridgehead atoms. The van der Waals surface area contributed by atoms with E-state index >= 15 is 0 Å². The van der Waals surface area contributed by atoms with Crippen molar-refractivity contribution < 1.29 is 18.3 Å². The van der Waals surface area contributed by atoms with E-state index in [0.717, 1.165) is 43.1 Å². The summed E-state index contributed by atoms with van der Waals surface area (Å²) in [6.07, 6.45) is 13.4. The van der Waals surface area contributed by atoms with Gasteiger partial charge >= 0.3 is 0 Å². The summed E-state index contributed by atoms with van der Waals surface area (Å²) < 4.78 is 39.5. The lowest BCUT2D eigenvalue weighted by atomic mass is 9.71. The maximum absolute atomic E-state index is 14.3. The summed E-state index contributed by atoms with van der Waals surface area (Å²) in [6, 6.07) is 1.64. The largest absolute Gasteiger partial charge is 0.490 e. The first kappa shape index (κ1) is 18.1. The van der Waals surface area contributed by atoms with E-state index < -0.39 is 11.6 Å². The van der Waals surface area contributed by atoms with E-state index in [1.807, 2.05) is 0 Å². The summed E-state index contributed by atoms with van der Waals surface area (Å²) >= 11 is 0. The van der Waals surface area contributed by atoms with Gasteiger partial charge in [0, 0.05) is 5.56 Å². The van der Waals surface area contributed by atoms with E-state index in [1.165, 1.54) is 44.9 Å². The van der Waals surface area contributed by atoms with Gasteiger partial charge in [0.25, 0.3) is 0 Å². The van der Waals surface area contributed by atoms with E-state index in [0.29, 0.717) is 19.1 Å². The normalized spacial score (nSPS) is 26.8. The lowest BCUT2D eigenvalue weighted by Crippen LogP contribution is -2.26. The van der Waals surface area contributed by atoms with Crippen LogP contribution in [0.25, 0.3) is 0 Å². The Morgan fingerprint density at radius 3 is 2.38 bits per heavy atom. The van der Waals surface area contributed by atoms with Gasteiger partial charge in [0.1, 0.15) is 0 Å². The molecule has 0 N–H and O–H groups in total. The molecule has 0 saturated heterocycles. The third-order valence-electron chi connectivity index (χ3n) is 6.72. The fraction of sp³-hybridized carbons (Fsp3) is 0.727. The first-order valence-corrected chi connectivity index (χ1v) is 10.5. The molecule has 0 unspecified atom stereocenters. The van der Waals surface area contributed by atoms with Crippen molar-refractivity contribution in [2.24, 2.45) is 17.8 Å². The number of rotatable bonds is 4. The van der Waals surface area contributed by atoms with Crippen LogP contribution >= 0.6 is 0 Å². The Morgan fingerprint density at radius 2 is 1.62 bits per heavy atom. The van der Waals surface area contributed by atoms with Crippen LogP contribution in [0.2, 0.25) is 0 Å². The van der Waals surface area contributed by atoms with Gasteiger partial charge in [-0.05, 0) is 62.3 Å². The summed E-state index contributed by atoms with van der Waals surface area (Å²) in [5, 5.41) is 0. The van der Waals surface area contributed by atoms with Gasteiger partial charge in [-0.15, -0.1) is 0 Å². The highest BCUT2D eigenvalue weighted by Crippen LogP contribution is 2.40. The van der Waals surface area contributed by atoms with Gasteiger partial charge in [-0.2, -0.15) is 8.78 Å². The smallest absolute Gasteiger partial charge is 0.204 e. The molecule has 0 spiro atoms. The molecular formula is C22H30F2O2. The molecule has 0 amide bonds. The quantitative estimate of drug-likeness (QED) is 0.647. The van der Waals surface area contributed by atoms with Gasteiger partial charge in [0.15, 0.2) is 11.5 Å². The second-order valence-corrected chi connectivity index (χ2v) is 8.43. The molecule has 1 aromatic carbocycles. The van der Waals surface area contributed by atoms with Crippen LogP contribution in [-0.4, -0.2) is 13.2 Å². The summed E-state index contributed by atoms with van der Waals surface area (Å²) in [4.78, 5) is 0. The van der Waals surface area contributed by atoms with Crippen molar-refractivity contribution >= 4 is 0 Å². The summed E-state index contributed by atoms with van der Waals surface area (Å²) in [5.74, 6) is 0.610. The molecule has 144 valence electrons. The molecule has 1 aliphatic heterocycles. The summed E-state index contributed by atoms with van der Waals surface area (Å²) in [5.41, 5.74) is 0.728. The third-order valence-corrected chi connectivity index (χ3v) is 6.72. The van der Waals surface area contributed by atoms with Crippen LogP contribution in [-0.2, 0) is 6.42 Å². The van der Waals surface area contributed by atoms with E-state index in [2.05, 4.69) is 0 Å². The Hall–Kier alpha value is -1.32. The topological polar surface area (TPSA) is 18.5 Å². The minimum Gasteiger partial charge on any atom is -0.490 e. The van der Waals surface area contributed by atoms with Crippen LogP contribution in [0.3, 0.4) is 0 Å². The van der Waals surface area contributed by atoms with Crippen LogP contribution in [0.4, 0.5) is 8.78 Å². The second kappa shape index (κ2) is 8.14. The van der Waals surface area contributed by atoms with E-state index in [4.69, 9.17) is 9.47 Å². The fourth-order valence-electron chi connectivity index (χ4n) is 5.16. The Bertz CT molecular complexity index is 617. The van der Waals surface area contributed by atoms with Crippen LogP contribution in [0.5, 0.6) is 11.5 Å². The minimum absolute atomic E-state index is 0.0566. The van der Waals surface area contributed by atoms with E-state index in [-0.39, 0.29) is 11.5 Å². The number of aryl methyl sites for hydroxylation is 1. The van der Waals surface area contributed by atoms with E-state index in [9.17, 15) is 8.78 Å². The number of ether oxygens (including phenoxy) is 2. The molecule has 2 saturated carbocycles. The van der Waals surface area contributed by atoms with Gasteiger partial charge in [-0.1, -0.05) is 32.1 Å². The molecule has 26 heavy (non-hydrogen) atoms. The van der Waals surface area contributed by atoms with Crippen molar-refractivity contribution in [3.8, 4) is 11.5 Å². The maximum Gasteiger partial charge on any atom is 0.204 e. The molecule has 1 heterocycles. The molecule has 0 radical (unpaired) electrons. The van der Waals surface area contributed by atoms with Crippen molar-refractivity contribution in [2.45, 2.75) is 70.6 Å². The second-order valence-electron chi connectivity index (χ2n) is 8.43. The molecule has 1 aromatic rings. The summed E-state index contributed by atoms with van der Waals surface area (Å²) in [6.45, 7) is 0.946. The Morgan fingerprint density at radius 1 is 0.885 bits per heavy atom. The highest BCUT2D eigenvalue weighted by atomic mass is 19.2. The number of hydrogen-bond acceptors (Lipinski definition) is 2. The zero-order chi connectivity index (χ0) is 17.9. The lowest BCUT2D eigenvalue weighted by molar-refractivity contribution is 0.133. The van der Waals surface area contributed by atoms with Crippen LogP contribution in [0, 0.1) is 29.4 Å². The first-order valence-electron chi connectivity index (χ1n) is 10.5. The zero-order valence-corrected chi connectivity index (χ0v) is 15.6. The molecule has 2 aliphatic carbocycles. The number of hydrogen-bond donors (Lipinski definition) is 0. The van der Waals surface area contributed by atoms with Crippen molar-refractivity contribution in [1.29, 1.82) is 0 Å². The monoisotopic (exact) mass is 364 g/mol. The Labute approximate surface area is 155 Å². The number of benzene rings is 1. The Kier molecular flexibility index (Phi) is 5.66. The van der Waals surface area contributed by atoms with Gasteiger partial charge in [-0.3, -0.25) is 0 Å². The van der Waals surface area contributed by atoms with Gasteiger partial charge in [-0.25, -0.2) is 0 Å². The molecule has 0 aromatic heterocycles. The maximum atomic E-state index is 14.3. The van der Waals surface area contributed by atoms with Crippen LogP contribution in [0.1, 0.15) is 69.8 Å². The SMILES string of the molecule is Fc1c(OCC2CCC(C3CCCCC3)CC2)cc2c(c1F)OCCC2. The fourth-order valence-corrected chi connectivity index (χ4v) is 5.16. The van der Waals surface area contributed by atoms with Crippen LogP contribution < -0.4 is 9.47 Å². The number of halogens is 2. The van der Waals surface area contributed by atoms with Crippen molar-refractivity contribution in [3.63, 3.8) is 0 Å². The van der Waals surface area contributed by atoms with Crippen LogP contribution in [0.15, 0.2) is 6.07 Å². The predicted octanol–water partition coefficient (Wildman–Crippen LogP) is 6.06. The lowest BCUT2D eigenvalue weighted by Gasteiger charge is -2.35. The highest BCUT2D eigenvalue weighted by molar-refractivity contribution is 5.44. The molecular weight excluding hydrogens is 334 g/mol. The average molecular weight is 364 g/mol.